The van der Waals surface area contributed by atoms with Crippen molar-refractivity contribution in [2.24, 2.45) is 5.73 Å². The van der Waals surface area contributed by atoms with Gasteiger partial charge in [0.1, 0.15) is 12.7 Å². The Bertz CT molecular complexity index is 406. The zero-order valence-electron chi connectivity index (χ0n) is 9.90. The third kappa shape index (κ3) is 3.85. The molecule has 6 heteroatoms. The molecule has 0 aliphatic carbocycles. The molecule has 0 saturated carbocycles. The highest BCUT2D eigenvalue weighted by Gasteiger charge is 2.19. The number of aliphatic hydroxyl groups excluding tert-OH is 1. The van der Waals surface area contributed by atoms with E-state index in [1.54, 1.807) is 6.07 Å². The van der Waals surface area contributed by atoms with Crippen LogP contribution in [0.2, 0.25) is 10.0 Å². The molecular formula is C12H15Cl2NO3. The number of halogens is 2. The van der Waals surface area contributed by atoms with Crippen LogP contribution in [0.25, 0.3) is 0 Å². The number of aliphatic hydroxyl groups is 1. The first-order chi connectivity index (χ1) is 8.47. The second kappa shape index (κ2) is 6.95. The first-order valence-corrected chi connectivity index (χ1v) is 6.27. The van der Waals surface area contributed by atoms with Gasteiger partial charge < -0.3 is 15.6 Å². The number of hydrogen-bond acceptors (Lipinski definition) is 4. The maximum Gasteiger partial charge on any atom is 0.341 e. The highest BCUT2D eigenvalue weighted by Crippen LogP contribution is 2.24. The highest BCUT2D eigenvalue weighted by molar-refractivity contribution is 6.39. The van der Waals surface area contributed by atoms with Crippen LogP contribution in [-0.4, -0.2) is 29.8 Å². The number of benzene rings is 1. The van der Waals surface area contributed by atoms with Crippen LogP contribution in [0.5, 0.6) is 0 Å². The van der Waals surface area contributed by atoms with Crippen molar-refractivity contribution in [3.05, 3.63) is 33.8 Å². The predicted molar refractivity (Wildman–Crippen MR) is 71.0 cm³/mol. The topological polar surface area (TPSA) is 72.6 Å². The van der Waals surface area contributed by atoms with Crippen LogP contribution in [0.3, 0.4) is 0 Å². The first-order valence-electron chi connectivity index (χ1n) is 5.52. The SMILES string of the molecule is CC[C@H](N)C(O)COC(=O)c1c(Cl)cccc1Cl. The van der Waals surface area contributed by atoms with Gasteiger partial charge in [-0.25, -0.2) is 4.79 Å². The Hall–Kier alpha value is -0.810. The molecular weight excluding hydrogens is 277 g/mol. The van der Waals surface area contributed by atoms with Crippen molar-refractivity contribution in [1.82, 2.24) is 0 Å². The van der Waals surface area contributed by atoms with Gasteiger partial charge in [-0.2, -0.15) is 0 Å². The smallest absolute Gasteiger partial charge is 0.341 e. The molecule has 1 aromatic rings. The summed E-state index contributed by atoms with van der Waals surface area (Å²) >= 11 is 11.7. The van der Waals surface area contributed by atoms with Crippen LogP contribution in [0.4, 0.5) is 0 Å². The van der Waals surface area contributed by atoms with Gasteiger partial charge >= 0.3 is 5.97 Å². The number of esters is 1. The van der Waals surface area contributed by atoms with Gasteiger partial charge in [-0.15, -0.1) is 0 Å². The minimum absolute atomic E-state index is 0.0955. The summed E-state index contributed by atoms with van der Waals surface area (Å²) in [7, 11) is 0. The summed E-state index contributed by atoms with van der Waals surface area (Å²) in [5, 5.41) is 10.0. The normalized spacial score (nSPS) is 14.1. The molecule has 1 aromatic carbocycles. The summed E-state index contributed by atoms with van der Waals surface area (Å²) in [5.41, 5.74) is 5.70. The van der Waals surface area contributed by atoms with E-state index in [0.29, 0.717) is 6.42 Å². The van der Waals surface area contributed by atoms with E-state index in [4.69, 9.17) is 33.7 Å². The van der Waals surface area contributed by atoms with Crippen molar-refractivity contribution >= 4 is 29.2 Å². The molecule has 1 unspecified atom stereocenters. The fourth-order valence-corrected chi connectivity index (χ4v) is 1.87. The lowest BCUT2D eigenvalue weighted by Gasteiger charge is -2.17. The number of hydrogen-bond donors (Lipinski definition) is 2. The number of nitrogens with two attached hydrogens (primary N) is 1. The van der Waals surface area contributed by atoms with Crippen LogP contribution < -0.4 is 5.73 Å². The zero-order chi connectivity index (χ0) is 13.7. The molecule has 0 heterocycles. The molecule has 100 valence electrons. The second-order valence-corrected chi connectivity index (χ2v) is 4.65. The molecule has 3 N–H and O–H groups in total. The van der Waals surface area contributed by atoms with Crippen molar-refractivity contribution in [2.45, 2.75) is 25.5 Å². The largest absolute Gasteiger partial charge is 0.459 e. The van der Waals surface area contributed by atoms with E-state index in [1.165, 1.54) is 12.1 Å². The lowest BCUT2D eigenvalue weighted by Crippen LogP contribution is -2.37. The summed E-state index contributed by atoms with van der Waals surface area (Å²) in [5.74, 6) is -0.673. The lowest BCUT2D eigenvalue weighted by molar-refractivity contribution is 0.0192. The number of ether oxygens (including phenoxy) is 1. The van der Waals surface area contributed by atoms with E-state index in [9.17, 15) is 9.90 Å². The molecule has 1 rings (SSSR count). The third-order valence-electron chi connectivity index (χ3n) is 2.52. The van der Waals surface area contributed by atoms with Gasteiger partial charge in [-0.3, -0.25) is 0 Å². The Labute approximate surface area is 116 Å². The Kier molecular flexibility index (Phi) is 5.88. The van der Waals surface area contributed by atoms with Gasteiger partial charge in [0.15, 0.2) is 0 Å². The van der Waals surface area contributed by atoms with Gasteiger partial charge in [-0.05, 0) is 18.6 Å². The molecule has 0 amide bonds. The fourth-order valence-electron chi connectivity index (χ4n) is 1.32. The Balaban J connectivity index is 2.66. The van der Waals surface area contributed by atoms with Crippen LogP contribution in [0, 0.1) is 0 Å². The highest BCUT2D eigenvalue weighted by atomic mass is 35.5. The van der Waals surface area contributed by atoms with Crippen molar-refractivity contribution in [3.63, 3.8) is 0 Å². The molecule has 4 nitrogen and oxygen atoms in total. The Morgan fingerprint density at radius 3 is 2.50 bits per heavy atom. The van der Waals surface area contributed by atoms with Crippen molar-refractivity contribution in [1.29, 1.82) is 0 Å². The Morgan fingerprint density at radius 1 is 1.44 bits per heavy atom. The van der Waals surface area contributed by atoms with E-state index < -0.39 is 18.1 Å². The van der Waals surface area contributed by atoms with Crippen LogP contribution in [0.15, 0.2) is 18.2 Å². The molecule has 0 aliphatic heterocycles. The van der Waals surface area contributed by atoms with E-state index in [0.717, 1.165) is 0 Å². The van der Waals surface area contributed by atoms with Gasteiger partial charge in [0.2, 0.25) is 0 Å². The summed E-state index contributed by atoms with van der Waals surface area (Å²) in [6.45, 7) is 1.65. The van der Waals surface area contributed by atoms with Gasteiger partial charge in [0.05, 0.1) is 15.6 Å². The molecule has 0 bridgehead atoms. The van der Waals surface area contributed by atoms with E-state index >= 15 is 0 Å². The van der Waals surface area contributed by atoms with Gasteiger partial charge in [-0.1, -0.05) is 36.2 Å². The quantitative estimate of drug-likeness (QED) is 0.816. The first kappa shape index (κ1) is 15.2. The average Bonchev–Trinajstić information content (AvgIpc) is 2.34. The van der Waals surface area contributed by atoms with Gasteiger partial charge in [0, 0.05) is 6.04 Å². The summed E-state index contributed by atoms with van der Waals surface area (Å²) in [6, 6.07) is 4.28. The third-order valence-corrected chi connectivity index (χ3v) is 3.15. The maximum atomic E-state index is 11.8. The van der Waals surface area contributed by atoms with E-state index in [1.807, 2.05) is 6.92 Å². The van der Waals surface area contributed by atoms with Crippen LogP contribution >= 0.6 is 23.2 Å². The fraction of sp³-hybridized carbons (Fsp3) is 0.417. The second-order valence-electron chi connectivity index (χ2n) is 3.83. The molecule has 0 spiro atoms. The molecule has 0 radical (unpaired) electrons. The predicted octanol–water partition coefficient (Wildman–Crippen LogP) is 2.25. The standard InChI is InChI=1S/C12H15Cl2NO3/c1-2-9(15)10(16)6-18-12(17)11-7(13)4-3-5-8(11)14/h3-5,9-10,16H,2,6,15H2,1H3/t9-,10?/m0/s1. The Morgan fingerprint density at radius 2 is 2.00 bits per heavy atom. The molecule has 0 aromatic heterocycles. The van der Waals surface area contributed by atoms with E-state index in [2.05, 4.69) is 0 Å². The monoisotopic (exact) mass is 291 g/mol. The lowest BCUT2D eigenvalue weighted by atomic mass is 10.1. The number of carbonyl (C=O) groups is 1. The van der Waals surface area contributed by atoms with Crippen molar-refractivity contribution < 1.29 is 14.6 Å². The van der Waals surface area contributed by atoms with E-state index in [-0.39, 0.29) is 22.2 Å². The summed E-state index contributed by atoms with van der Waals surface area (Å²) in [6.07, 6.45) is -0.314. The number of rotatable bonds is 5. The van der Waals surface area contributed by atoms with Crippen LogP contribution in [-0.2, 0) is 4.74 Å². The molecule has 2 atom stereocenters. The number of carbonyl (C=O) groups excluding carboxylic acids is 1. The van der Waals surface area contributed by atoms with Crippen molar-refractivity contribution in [3.8, 4) is 0 Å². The zero-order valence-corrected chi connectivity index (χ0v) is 11.4. The molecule has 18 heavy (non-hydrogen) atoms. The summed E-state index contributed by atoms with van der Waals surface area (Å²) in [4.78, 5) is 11.8. The van der Waals surface area contributed by atoms with Gasteiger partial charge in [0.25, 0.3) is 0 Å². The molecule has 0 fully saturated rings. The molecule has 0 aliphatic rings. The van der Waals surface area contributed by atoms with Crippen LogP contribution in [0.1, 0.15) is 23.7 Å². The minimum Gasteiger partial charge on any atom is -0.459 e. The van der Waals surface area contributed by atoms with Crippen molar-refractivity contribution in [2.75, 3.05) is 6.61 Å². The average molecular weight is 292 g/mol. The maximum absolute atomic E-state index is 11.8. The summed E-state index contributed by atoms with van der Waals surface area (Å²) < 4.78 is 4.94. The molecule has 0 saturated heterocycles. The minimum atomic E-state index is -0.903.